The molecule has 0 radical (unpaired) electrons. The number of pyridine rings is 1. The zero-order valence-electron chi connectivity index (χ0n) is 13.8. The summed E-state index contributed by atoms with van der Waals surface area (Å²) >= 11 is 3.53. The molecule has 0 atom stereocenters. The third kappa shape index (κ3) is 3.58. The zero-order valence-corrected chi connectivity index (χ0v) is 15.4. The molecule has 0 unspecified atom stereocenters. The molecule has 0 saturated carbocycles. The van der Waals surface area contributed by atoms with Crippen LogP contribution in [0.3, 0.4) is 0 Å². The number of carbonyl (C=O) groups excluding carboxylic acids is 1. The largest absolute Gasteiger partial charge is 0.497 e. The summed E-state index contributed by atoms with van der Waals surface area (Å²) in [6, 6.07) is 13.0. The number of ether oxygens (including phenoxy) is 3. The average molecular weight is 402 g/mol. The molecule has 25 heavy (non-hydrogen) atoms. The summed E-state index contributed by atoms with van der Waals surface area (Å²) in [4.78, 5) is 15.8. The number of hydrogen-bond acceptors (Lipinski definition) is 5. The van der Waals surface area contributed by atoms with Gasteiger partial charge in [-0.15, -0.1) is 0 Å². The number of carbonyl (C=O) groups is 1. The third-order valence-electron chi connectivity index (χ3n) is 3.77. The van der Waals surface area contributed by atoms with Crippen molar-refractivity contribution in [1.29, 1.82) is 0 Å². The van der Waals surface area contributed by atoms with Crippen molar-refractivity contribution in [2.24, 2.45) is 0 Å². The summed E-state index contributed by atoms with van der Waals surface area (Å²) in [5.74, 6) is 1.89. The van der Waals surface area contributed by atoms with Crippen molar-refractivity contribution < 1.29 is 19.0 Å². The Hall–Kier alpha value is -2.60. The molecule has 1 aromatic heterocycles. The van der Waals surface area contributed by atoms with Crippen LogP contribution in [0.1, 0.15) is 16.1 Å². The number of halogens is 1. The molecule has 6 heteroatoms. The van der Waals surface area contributed by atoms with E-state index in [4.69, 9.17) is 14.2 Å². The molecule has 0 aliphatic carbocycles. The van der Waals surface area contributed by atoms with Crippen molar-refractivity contribution in [2.45, 2.75) is 6.61 Å². The second kappa shape index (κ2) is 7.53. The smallest absolute Gasteiger partial charge is 0.172 e. The van der Waals surface area contributed by atoms with Crippen LogP contribution in [-0.4, -0.2) is 25.5 Å². The standard InChI is InChI=1S/C19H16BrNO4/c1-23-13-5-3-12(4-6-13)11-25-19-17(10-22)21-16-8-7-14(24-2)9-15(16)18(19)20/h3-10H,11H2,1-2H3. The number of fused-ring (bicyclic) bond motifs is 1. The molecule has 2 aromatic carbocycles. The van der Waals surface area contributed by atoms with Gasteiger partial charge in [-0.2, -0.15) is 0 Å². The van der Waals surface area contributed by atoms with Gasteiger partial charge in [0.2, 0.25) is 0 Å². The van der Waals surface area contributed by atoms with Crippen LogP contribution >= 0.6 is 15.9 Å². The molecule has 128 valence electrons. The van der Waals surface area contributed by atoms with Gasteiger partial charge in [-0.05, 0) is 51.8 Å². The van der Waals surface area contributed by atoms with Gasteiger partial charge in [0.25, 0.3) is 0 Å². The van der Waals surface area contributed by atoms with Gasteiger partial charge in [-0.1, -0.05) is 12.1 Å². The van der Waals surface area contributed by atoms with E-state index in [-0.39, 0.29) is 5.69 Å². The van der Waals surface area contributed by atoms with E-state index in [1.807, 2.05) is 30.3 Å². The van der Waals surface area contributed by atoms with Gasteiger partial charge in [0.1, 0.15) is 23.8 Å². The van der Waals surface area contributed by atoms with E-state index in [1.54, 1.807) is 26.4 Å². The van der Waals surface area contributed by atoms with Gasteiger partial charge in [-0.3, -0.25) is 4.79 Å². The highest BCUT2D eigenvalue weighted by atomic mass is 79.9. The molecular formula is C19H16BrNO4. The van der Waals surface area contributed by atoms with Crippen molar-refractivity contribution in [1.82, 2.24) is 4.98 Å². The summed E-state index contributed by atoms with van der Waals surface area (Å²) in [5, 5.41) is 0.815. The van der Waals surface area contributed by atoms with Gasteiger partial charge in [0.15, 0.2) is 12.0 Å². The van der Waals surface area contributed by atoms with E-state index in [0.717, 1.165) is 16.7 Å². The molecule has 0 spiro atoms. The molecule has 5 nitrogen and oxygen atoms in total. The molecule has 0 amide bonds. The van der Waals surface area contributed by atoms with Crippen LogP contribution in [0.25, 0.3) is 10.9 Å². The summed E-state index contributed by atoms with van der Waals surface area (Å²) in [5.41, 5.74) is 1.89. The van der Waals surface area contributed by atoms with E-state index >= 15 is 0 Å². The van der Waals surface area contributed by atoms with Gasteiger partial charge < -0.3 is 14.2 Å². The monoisotopic (exact) mass is 401 g/mol. The van der Waals surface area contributed by atoms with E-state index in [1.165, 1.54) is 0 Å². The highest BCUT2D eigenvalue weighted by Gasteiger charge is 2.15. The van der Waals surface area contributed by atoms with Gasteiger partial charge in [-0.25, -0.2) is 4.98 Å². The summed E-state index contributed by atoms with van der Waals surface area (Å²) < 4.78 is 16.9. The maximum absolute atomic E-state index is 11.4. The van der Waals surface area contributed by atoms with Crippen LogP contribution in [-0.2, 0) is 6.61 Å². The highest BCUT2D eigenvalue weighted by Crippen LogP contribution is 2.36. The number of nitrogens with zero attached hydrogens (tertiary/aromatic N) is 1. The number of aldehydes is 1. The first kappa shape index (κ1) is 17.2. The van der Waals surface area contributed by atoms with E-state index in [9.17, 15) is 4.79 Å². The Labute approximate surface area is 153 Å². The van der Waals surface area contributed by atoms with Gasteiger partial charge >= 0.3 is 0 Å². The molecule has 0 aliphatic heterocycles. The Kier molecular flexibility index (Phi) is 5.19. The predicted octanol–water partition coefficient (Wildman–Crippen LogP) is 4.41. The van der Waals surface area contributed by atoms with E-state index in [0.29, 0.717) is 34.4 Å². The molecule has 0 aliphatic rings. The van der Waals surface area contributed by atoms with E-state index in [2.05, 4.69) is 20.9 Å². The first-order valence-electron chi connectivity index (χ1n) is 7.54. The number of hydrogen-bond donors (Lipinski definition) is 0. The Balaban J connectivity index is 1.95. The maximum atomic E-state index is 11.4. The quantitative estimate of drug-likeness (QED) is 0.572. The topological polar surface area (TPSA) is 57.7 Å². The molecule has 0 bridgehead atoms. The normalized spacial score (nSPS) is 10.5. The highest BCUT2D eigenvalue weighted by molar-refractivity contribution is 9.10. The average Bonchev–Trinajstić information content (AvgIpc) is 2.67. The van der Waals surface area contributed by atoms with Crippen LogP contribution in [0.4, 0.5) is 0 Å². The minimum atomic E-state index is 0.248. The van der Waals surface area contributed by atoms with Crippen LogP contribution < -0.4 is 14.2 Å². The molecule has 0 saturated heterocycles. The number of benzene rings is 2. The fraction of sp³-hybridized carbons (Fsp3) is 0.158. The van der Waals surface area contributed by atoms with Crippen molar-refractivity contribution >= 4 is 33.1 Å². The molecule has 1 heterocycles. The van der Waals surface area contributed by atoms with Gasteiger partial charge in [0.05, 0.1) is 24.2 Å². The van der Waals surface area contributed by atoms with Crippen molar-refractivity contribution in [3.8, 4) is 17.2 Å². The van der Waals surface area contributed by atoms with Crippen LogP contribution in [0.5, 0.6) is 17.2 Å². The lowest BCUT2D eigenvalue weighted by molar-refractivity contribution is 0.111. The number of aromatic nitrogens is 1. The zero-order chi connectivity index (χ0) is 17.8. The van der Waals surface area contributed by atoms with Crippen molar-refractivity contribution in [2.75, 3.05) is 14.2 Å². The minimum absolute atomic E-state index is 0.248. The summed E-state index contributed by atoms with van der Waals surface area (Å²) in [6.07, 6.45) is 0.692. The minimum Gasteiger partial charge on any atom is -0.497 e. The van der Waals surface area contributed by atoms with Crippen LogP contribution in [0, 0.1) is 0 Å². The molecule has 3 aromatic rings. The number of methoxy groups -OCH3 is 2. The SMILES string of the molecule is COc1ccc(COc2c(C=O)nc3ccc(OC)cc3c2Br)cc1. The third-order valence-corrected chi connectivity index (χ3v) is 4.55. The lowest BCUT2D eigenvalue weighted by atomic mass is 10.1. The van der Waals surface area contributed by atoms with Crippen LogP contribution in [0.15, 0.2) is 46.9 Å². The lowest BCUT2D eigenvalue weighted by Gasteiger charge is -2.13. The van der Waals surface area contributed by atoms with Crippen molar-refractivity contribution in [3.63, 3.8) is 0 Å². The number of rotatable bonds is 6. The molecule has 3 rings (SSSR count). The summed E-state index contributed by atoms with van der Waals surface area (Å²) in [7, 11) is 3.22. The summed E-state index contributed by atoms with van der Waals surface area (Å²) in [6.45, 7) is 0.306. The Morgan fingerprint density at radius 3 is 2.36 bits per heavy atom. The van der Waals surface area contributed by atoms with Crippen molar-refractivity contribution in [3.05, 3.63) is 58.2 Å². The maximum Gasteiger partial charge on any atom is 0.172 e. The lowest BCUT2D eigenvalue weighted by Crippen LogP contribution is -2.02. The van der Waals surface area contributed by atoms with Crippen LogP contribution in [0.2, 0.25) is 0 Å². The second-order valence-corrected chi connectivity index (χ2v) is 6.07. The Bertz CT molecular complexity index is 909. The molecular weight excluding hydrogens is 386 g/mol. The Morgan fingerprint density at radius 2 is 1.72 bits per heavy atom. The first-order chi connectivity index (χ1) is 12.2. The predicted molar refractivity (Wildman–Crippen MR) is 98.7 cm³/mol. The Morgan fingerprint density at radius 1 is 1.04 bits per heavy atom. The fourth-order valence-electron chi connectivity index (χ4n) is 2.43. The fourth-order valence-corrected chi connectivity index (χ4v) is 3.06. The first-order valence-corrected chi connectivity index (χ1v) is 8.33. The second-order valence-electron chi connectivity index (χ2n) is 5.28. The van der Waals surface area contributed by atoms with Gasteiger partial charge in [0, 0.05) is 5.39 Å². The molecule has 0 fully saturated rings. The molecule has 0 N–H and O–H groups in total. The van der Waals surface area contributed by atoms with E-state index < -0.39 is 0 Å².